The minimum atomic E-state index is -4.47. The molecule has 0 amide bonds. The Hall–Kier alpha value is -0.560. The number of rotatable bonds is 5. The highest BCUT2D eigenvalue weighted by atomic mass is 35.5. The molecule has 0 aliphatic rings. The number of aromatic nitrogens is 2. The van der Waals surface area contributed by atoms with Crippen LogP contribution >= 0.6 is 23.1 Å². The van der Waals surface area contributed by atoms with Gasteiger partial charge >= 0.3 is 6.18 Å². The first-order chi connectivity index (χ1) is 7.39. The van der Waals surface area contributed by atoms with E-state index < -0.39 is 12.0 Å². The lowest BCUT2D eigenvalue weighted by Gasteiger charge is -2.03. The smallest absolute Gasteiger partial charge is 0.360 e. The summed E-state index contributed by atoms with van der Waals surface area (Å²) in [6.07, 6.45) is -2.88. The van der Waals surface area contributed by atoms with E-state index in [0.29, 0.717) is 18.1 Å². The molecule has 1 N–H and O–H groups in total. The van der Waals surface area contributed by atoms with Crippen LogP contribution in [0.15, 0.2) is 0 Å². The first-order valence-corrected chi connectivity index (χ1v) is 5.89. The molecule has 1 heterocycles. The van der Waals surface area contributed by atoms with Crippen molar-refractivity contribution in [2.24, 2.45) is 0 Å². The van der Waals surface area contributed by atoms with Crippen LogP contribution in [0.2, 0.25) is 0 Å². The van der Waals surface area contributed by atoms with Crippen molar-refractivity contribution in [2.75, 3.05) is 11.9 Å². The second-order valence-corrected chi connectivity index (χ2v) is 4.77. The predicted molar refractivity (Wildman–Crippen MR) is 57.9 cm³/mol. The molecular weight excluding hydrogens is 263 g/mol. The van der Waals surface area contributed by atoms with E-state index in [-0.39, 0.29) is 10.5 Å². The number of nitrogens with zero attached hydrogens (tertiary/aromatic N) is 2. The molecule has 0 spiro atoms. The molecule has 0 saturated heterocycles. The molecular formula is C8H11ClF3N3S. The van der Waals surface area contributed by atoms with Crippen molar-refractivity contribution in [3.63, 3.8) is 0 Å². The van der Waals surface area contributed by atoms with Gasteiger partial charge in [0, 0.05) is 23.5 Å². The second kappa shape index (κ2) is 5.67. The first kappa shape index (κ1) is 13.5. The van der Waals surface area contributed by atoms with E-state index in [9.17, 15) is 13.2 Å². The van der Waals surface area contributed by atoms with Crippen LogP contribution in [0.4, 0.5) is 18.3 Å². The van der Waals surface area contributed by atoms with Gasteiger partial charge in [0.1, 0.15) is 0 Å². The third-order valence-electron chi connectivity index (χ3n) is 1.73. The molecule has 0 aliphatic carbocycles. The zero-order valence-corrected chi connectivity index (χ0v) is 10.1. The van der Waals surface area contributed by atoms with E-state index in [2.05, 4.69) is 14.7 Å². The van der Waals surface area contributed by atoms with Gasteiger partial charge in [0.05, 0.1) is 0 Å². The Balaban J connectivity index is 2.36. The van der Waals surface area contributed by atoms with Crippen molar-refractivity contribution in [1.29, 1.82) is 0 Å². The quantitative estimate of drug-likeness (QED) is 0.660. The summed E-state index contributed by atoms with van der Waals surface area (Å²) in [5, 5.41) is 3.04. The average Bonchev–Trinajstić information content (AvgIpc) is 2.59. The van der Waals surface area contributed by atoms with Crippen LogP contribution in [0.5, 0.6) is 0 Å². The van der Waals surface area contributed by atoms with Crippen molar-refractivity contribution in [2.45, 2.75) is 31.3 Å². The Labute approximate surface area is 100 Å². The molecule has 1 rings (SSSR count). The van der Waals surface area contributed by atoms with Gasteiger partial charge in [-0.05, 0) is 19.8 Å². The fraction of sp³-hybridized carbons (Fsp3) is 0.750. The van der Waals surface area contributed by atoms with Crippen molar-refractivity contribution >= 4 is 28.3 Å². The van der Waals surface area contributed by atoms with Crippen LogP contribution in [0.25, 0.3) is 0 Å². The van der Waals surface area contributed by atoms with Crippen LogP contribution in [0.3, 0.4) is 0 Å². The topological polar surface area (TPSA) is 37.8 Å². The van der Waals surface area contributed by atoms with Gasteiger partial charge in [0.2, 0.25) is 11.0 Å². The van der Waals surface area contributed by atoms with Gasteiger partial charge in [-0.1, -0.05) is 0 Å². The number of alkyl halides is 4. The van der Waals surface area contributed by atoms with Gasteiger partial charge < -0.3 is 5.32 Å². The summed E-state index contributed by atoms with van der Waals surface area (Å²) < 4.78 is 39.6. The van der Waals surface area contributed by atoms with Crippen molar-refractivity contribution in [1.82, 2.24) is 9.36 Å². The number of hydrogen-bond donors (Lipinski definition) is 1. The minimum absolute atomic E-state index is 0.0713. The molecule has 1 atom stereocenters. The molecule has 1 unspecified atom stereocenters. The van der Waals surface area contributed by atoms with E-state index in [1.807, 2.05) is 6.92 Å². The lowest BCUT2D eigenvalue weighted by Crippen LogP contribution is -2.08. The van der Waals surface area contributed by atoms with Crippen LogP contribution in [-0.4, -0.2) is 21.3 Å². The number of halogens is 4. The molecule has 0 aliphatic heterocycles. The van der Waals surface area contributed by atoms with Crippen LogP contribution in [0.1, 0.15) is 25.6 Å². The fourth-order valence-electron chi connectivity index (χ4n) is 0.989. The molecule has 0 radical (unpaired) electrons. The van der Waals surface area contributed by atoms with Crippen molar-refractivity contribution in [3.8, 4) is 0 Å². The third kappa shape index (κ3) is 4.52. The van der Waals surface area contributed by atoms with Crippen molar-refractivity contribution in [3.05, 3.63) is 5.82 Å². The van der Waals surface area contributed by atoms with E-state index >= 15 is 0 Å². The van der Waals surface area contributed by atoms with Gasteiger partial charge in [-0.3, -0.25) is 0 Å². The summed E-state index contributed by atoms with van der Waals surface area (Å²) in [4.78, 5) is 3.34. The summed E-state index contributed by atoms with van der Waals surface area (Å²) >= 11 is 6.43. The Morgan fingerprint density at radius 3 is 2.69 bits per heavy atom. The fourth-order valence-corrected chi connectivity index (χ4v) is 1.75. The normalized spacial score (nSPS) is 13.8. The summed E-state index contributed by atoms with van der Waals surface area (Å²) in [6.45, 7) is 2.41. The number of nitrogens with one attached hydrogen (secondary N) is 1. The van der Waals surface area contributed by atoms with Gasteiger partial charge in [-0.2, -0.15) is 22.5 Å². The molecule has 0 fully saturated rings. The summed E-state index contributed by atoms with van der Waals surface area (Å²) in [6, 6.07) is 0. The van der Waals surface area contributed by atoms with E-state index in [4.69, 9.17) is 11.6 Å². The van der Waals surface area contributed by atoms with Crippen LogP contribution in [-0.2, 0) is 6.18 Å². The third-order valence-corrected chi connectivity index (χ3v) is 2.63. The van der Waals surface area contributed by atoms with Gasteiger partial charge in [0.25, 0.3) is 0 Å². The maximum atomic E-state index is 12.1. The molecule has 1 aromatic heterocycles. The first-order valence-electron chi connectivity index (χ1n) is 4.68. The highest BCUT2D eigenvalue weighted by Gasteiger charge is 2.35. The highest BCUT2D eigenvalue weighted by molar-refractivity contribution is 7.09. The Bertz CT molecular complexity index is 327. The zero-order chi connectivity index (χ0) is 12.2. The molecule has 0 saturated carbocycles. The van der Waals surface area contributed by atoms with Crippen LogP contribution < -0.4 is 5.32 Å². The van der Waals surface area contributed by atoms with E-state index in [0.717, 1.165) is 12.8 Å². The summed E-state index contributed by atoms with van der Waals surface area (Å²) in [5.74, 6) is -1.09. The Kier molecular flexibility index (Phi) is 4.79. The van der Waals surface area contributed by atoms with Gasteiger partial charge in [0.15, 0.2) is 0 Å². The lowest BCUT2D eigenvalue weighted by atomic mass is 10.2. The number of hydrogen-bond acceptors (Lipinski definition) is 4. The van der Waals surface area contributed by atoms with Crippen molar-refractivity contribution < 1.29 is 13.2 Å². The SMILES string of the molecule is CC(Cl)CCCNc1nc(C(F)(F)F)ns1. The van der Waals surface area contributed by atoms with Gasteiger partial charge in [-0.25, -0.2) is 0 Å². The van der Waals surface area contributed by atoms with Crippen LogP contribution in [0, 0.1) is 0 Å². The molecule has 1 aromatic rings. The predicted octanol–water partition coefficient (Wildman–Crippen LogP) is 3.38. The minimum Gasteiger partial charge on any atom is -0.360 e. The van der Waals surface area contributed by atoms with Gasteiger partial charge in [-0.15, -0.1) is 11.6 Å². The average molecular weight is 274 g/mol. The Morgan fingerprint density at radius 2 is 2.19 bits per heavy atom. The monoisotopic (exact) mass is 273 g/mol. The largest absolute Gasteiger partial charge is 0.452 e. The molecule has 16 heavy (non-hydrogen) atoms. The highest BCUT2D eigenvalue weighted by Crippen LogP contribution is 2.28. The number of anilines is 1. The zero-order valence-electron chi connectivity index (χ0n) is 8.51. The summed E-state index contributed by atoms with van der Waals surface area (Å²) in [7, 11) is 0. The standard InChI is InChI=1S/C8H11ClF3N3S/c1-5(9)3-2-4-13-7-14-6(15-16-7)8(10,11)12/h5H,2-4H2,1H3,(H,13,14,15). The molecule has 8 heteroatoms. The lowest BCUT2D eigenvalue weighted by molar-refractivity contribution is -0.144. The molecule has 0 bridgehead atoms. The Morgan fingerprint density at radius 1 is 1.50 bits per heavy atom. The molecule has 3 nitrogen and oxygen atoms in total. The van der Waals surface area contributed by atoms with E-state index in [1.54, 1.807) is 0 Å². The van der Waals surface area contributed by atoms with E-state index in [1.165, 1.54) is 0 Å². The second-order valence-electron chi connectivity index (χ2n) is 3.27. The maximum absolute atomic E-state index is 12.1. The molecule has 92 valence electrons. The molecule has 0 aromatic carbocycles. The maximum Gasteiger partial charge on any atom is 0.452 e. The summed E-state index contributed by atoms with van der Waals surface area (Å²) in [5.41, 5.74) is 0.